The van der Waals surface area contributed by atoms with Crippen LogP contribution in [0.5, 0.6) is 5.75 Å². The smallest absolute Gasteiger partial charge is 0.406 e. The van der Waals surface area contributed by atoms with Crippen LogP contribution in [0.4, 0.5) is 23.1 Å². The fourth-order valence-electron chi connectivity index (χ4n) is 3.53. The first-order valence-corrected chi connectivity index (χ1v) is 11.1. The maximum atomic E-state index is 12.9. The fourth-order valence-corrected chi connectivity index (χ4v) is 4.51. The van der Waals surface area contributed by atoms with Crippen molar-refractivity contribution < 1.29 is 27.5 Å². The molecule has 2 aliphatic rings. The summed E-state index contributed by atoms with van der Waals surface area (Å²) in [5, 5.41) is 3.30. The minimum atomic E-state index is -4.75. The first kappa shape index (κ1) is 22.8. The van der Waals surface area contributed by atoms with Crippen LogP contribution in [-0.2, 0) is 6.54 Å². The molecule has 33 heavy (non-hydrogen) atoms. The third kappa shape index (κ3) is 5.54. The number of nitrogens with one attached hydrogen (secondary N) is 1. The average Bonchev–Trinajstić information content (AvgIpc) is 3.32. The largest absolute Gasteiger partial charge is 0.573 e. The number of hydrogen-bond donors (Lipinski definition) is 1. The standard InChI is InChI=1S/C22H21F3N4O3S/c1-14-18(19(30)27-16-5-3-2-4-6-16)33-20(26-14)29-12-11-28(21(29)31)13-15-7-9-17(10-8-15)32-22(23,24)25/h3,5-10H,2,4,11-13H2,1H3,(H,27,30). The molecule has 0 spiro atoms. The third-order valence-corrected chi connectivity index (χ3v) is 6.28. The lowest BCUT2D eigenvalue weighted by Gasteiger charge is -2.17. The zero-order valence-corrected chi connectivity index (χ0v) is 18.5. The number of aryl methyl sites for hydroxylation is 1. The molecule has 2 aromatic rings. The number of anilines is 1. The summed E-state index contributed by atoms with van der Waals surface area (Å²) in [7, 11) is 0. The molecule has 0 bridgehead atoms. The highest BCUT2D eigenvalue weighted by Crippen LogP contribution is 2.30. The molecule has 174 valence electrons. The van der Waals surface area contributed by atoms with Crippen molar-refractivity contribution in [3.63, 3.8) is 0 Å². The van der Waals surface area contributed by atoms with Gasteiger partial charge in [-0.2, -0.15) is 0 Å². The summed E-state index contributed by atoms with van der Waals surface area (Å²) in [5.74, 6) is -0.581. The Morgan fingerprint density at radius 1 is 1.21 bits per heavy atom. The molecule has 1 saturated heterocycles. The van der Waals surface area contributed by atoms with Crippen LogP contribution in [-0.4, -0.2) is 41.3 Å². The lowest BCUT2D eigenvalue weighted by Crippen LogP contribution is -2.31. The Kier molecular flexibility index (Phi) is 6.41. The van der Waals surface area contributed by atoms with Gasteiger partial charge in [0.2, 0.25) is 0 Å². The number of carbonyl (C=O) groups is 2. The third-order valence-electron chi connectivity index (χ3n) is 5.10. The van der Waals surface area contributed by atoms with Gasteiger partial charge in [-0.1, -0.05) is 35.6 Å². The molecule has 3 amide bonds. The number of halogens is 3. The van der Waals surface area contributed by atoms with E-state index in [1.165, 1.54) is 29.2 Å². The van der Waals surface area contributed by atoms with Crippen LogP contribution in [0.15, 0.2) is 48.2 Å². The summed E-state index contributed by atoms with van der Waals surface area (Å²) in [6, 6.07) is 5.13. The molecule has 7 nitrogen and oxygen atoms in total. The van der Waals surface area contributed by atoms with E-state index < -0.39 is 6.36 Å². The lowest BCUT2D eigenvalue weighted by atomic mass is 10.1. The van der Waals surface area contributed by atoms with Crippen molar-refractivity contribution in [2.75, 3.05) is 18.0 Å². The van der Waals surface area contributed by atoms with Gasteiger partial charge in [0, 0.05) is 25.3 Å². The van der Waals surface area contributed by atoms with E-state index in [0.29, 0.717) is 34.4 Å². The number of benzene rings is 1. The van der Waals surface area contributed by atoms with Crippen molar-refractivity contribution >= 4 is 28.4 Å². The summed E-state index contributed by atoms with van der Waals surface area (Å²) >= 11 is 1.15. The van der Waals surface area contributed by atoms with Crippen molar-refractivity contribution in [2.24, 2.45) is 0 Å². The summed E-state index contributed by atoms with van der Waals surface area (Å²) in [6.45, 7) is 2.79. The molecule has 1 aliphatic heterocycles. The second-order valence-corrected chi connectivity index (χ2v) is 8.53. The molecule has 1 aromatic carbocycles. The Morgan fingerprint density at radius 3 is 2.64 bits per heavy atom. The summed E-state index contributed by atoms with van der Waals surface area (Å²) in [5.41, 5.74) is 1.96. The molecule has 0 atom stereocenters. The lowest BCUT2D eigenvalue weighted by molar-refractivity contribution is -0.274. The van der Waals surface area contributed by atoms with Gasteiger partial charge in [-0.25, -0.2) is 9.78 Å². The molecule has 1 N–H and O–H groups in total. The van der Waals surface area contributed by atoms with E-state index >= 15 is 0 Å². The highest BCUT2D eigenvalue weighted by Gasteiger charge is 2.33. The second kappa shape index (κ2) is 9.26. The Bertz CT molecular complexity index is 1110. The predicted octanol–water partition coefficient (Wildman–Crippen LogP) is 4.76. The number of alkyl halides is 3. The average molecular weight is 478 g/mol. The van der Waals surface area contributed by atoms with Gasteiger partial charge in [0.1, 0.15) is 10.6 Å². The van der Waals surface area contributed by atoms with E-state index in [9.17, 15) is 22.8 Å². The molecule has 4 rings (SSSR count). The number of nitrogens with zero attached hydrogens (tertiary/aromatic N) is 3. The van der Waals surface area contributed by atoms with E-state index in [1.807, 2.05) is 18.2 Å². The molecular weight excluding hydrogens is 457 g/mol. The van der Waals surface area contributed by atoms with E-state index in [2.05, 4.69) is 15.0 Å². The van der Waals surface area contributed by atoms with Crippen LogP contribution in [0.1, 0.15) is 33.8 Å². The molecular formula is C22H21F3N4O3S. The number of rotatable bonds is 6. The molecule has 1 fully saturated rings. The fraction of sp³-hybridized carbons (Fsp3) is 0.318. The van der Waals surface area contributed by atoms with Gasteiger partial charge in [0.15, 0.2) is 5.13 Å². The SMILES string of the molecule is Cc1nc(N2CCN(Cc3ccc(OC(F)(F)F)cc3)C2=O)sc1C(=O)NC1=CCCC=C1. The van der Waals surface area contributed by atoms with Crippen molar-refractivity contribution in [3.05, 3.63) is 64.3 Å². The van der Waals surface area contributed by atoms with Gasteiger partial charge in [-0.05, 0) is 43.5 Å². The molecule has 1 aliphatic carbocycles. The van der Waals surface area contributed by atoms with Crippen LogP contribution in [0.2, 0.25) is 0 Å². The second-order valence-electron chi connectivity index (χ2n) is 7.55. The van der Waals surface area contributed by atoms with Crippen molar-refractivity contribution in [1.82, 2.24) is 15.2 Å². The van der Waals surface area contributed by atoms with Crippen LogP contribution < -0.4 is 15.0 Å². The van der Waals surface area contributed by atoms with E-state index in [4.69, 9.17) is 0 Å². The van der Waals surface area contributed by atoms with E-state index in [-0.39, 0.29) is 24.2 Å². The first-order chi connectivity index (χ1) is 15.7. The molecule has 1 aromatic heterocycles. The molecule has 0 saturated carbocycles. The van der Waals surface area contributed by atoms with Crippen LogP contribution >= 0.6 is 11.3 Å². The van der Waals surface area contributed by atoms with Gasteiger partial charge in [-0.3, -0.25) is 9.69 Å². The highest BCUT2D eigenvalue weighted by molar-refractivity contribution is 7.17. The minimum absolute atomic E-state index is 0.236. The zero-order valence-electron chi connectivity index (χ0n) is 17.7. The summed E-state index contributed by atoms with van der Waals surface area (Å²) in [6.07, 6.45) is 2.88. The Balaban J connectivity index is 1.40. The van der Waals surface area contributed by atoms with Crippen molar-refractivity contribution in [3.8, 4) is 5.75 Å². The van der Waals surface area contributed by atoms with Gasteiger partial charge in [0.25, 0.3) is 5.91 Å². The minimum Gasteiger partial charge on any atom is -0.406 e. The topological polar surface area (TPSA) is 74.8 Å². The number of urea groups is 1. The normalized spacial score (nSPS) is 16.2. The summed E-state index contributed by atoms with van der Waals surface area (Å²) in [4.78, 5) is 33.5. The predicted molar refractivity (Wildman–Crippen MR) is 117 cm³/mol. The maximum absolute atomic E-state index is 12.9. The van der Waals surface area contributed by atoms with Gasteiger partial charge in [0.05, 0.1) is 5.69 Å². The van der Waals surface area contributed by atoms with Crippen molar-refractivity contribution in [1.29, 1.82) is 0 Å². The number of thiazole rings is 1. The molecule has 2 heterocycles. The van der Waals surface area contributed by atoms with Gasteiger partial charge in [-0.15, -0.1) is 13.2 Å². The van der Waals surface area contributed by atoms with Crippen LogP contribution in [0.25, 0.3) is 0 Å². The highest BCUT2D eigenvalue weighted by atomic mass is 32.1. The quantitative estimate of drug-likeness (QED) is 0.650. The van der Waals surface area contributed by atoms with E-state index in [1.54, 1.807) is 11.8 Å². The maximum Gasteiger partial charge on any atom is 0.573 e. The Hall–Kier alpha value is -3.34. The zero-order chi connectivity index (χ0) is 23.6. The molecule has 11 heteroatoms. The van der Waals surface area contributed by atoms with Crippen LogP contribution in [0, 0.1) is 6.92 Å². The van der Waals surface area contributed by atoms with Crippen molar-refractivity contribution in [2.45, 2.75) is 32.7 Å². The molecule has 0 unspecified atom stereocenters. The monoisotopic (exact) mass is 478 g/mol. The first-order valence-electron chi connectivity index (χ1n) is 10.3. The summed E-state index contributed by atoms with van der Waals surface area (Å²) < 4.78 is 40.8. The Labute approximate surface area is 192 Å². The van der Waals surface area contributed by atoms with Gasteiger partial charge < -0.3 is 15.0 Å². The number of amides is 3. The number of aromatic nitrogens is 1. The molecule has 0 radical (unpaired) electrons. The number of hydrogen-bond acceptors (Lipinski definition) is 5. The number of allylic oxidation sites excluding steroid dienone is 3. The van der Waals surface area contributed by atoms with Crippen LogP contribution in [0.3, 0.4) is 0 Å². The van der Waals surface area contributed by atoms with Gasteiger partial charge >= 0.3 is 12.4 Å². The Morgan fingerprint density at radius 2 is 1.97 bits per heavy atom. The number of carbonyl (C=O) groups excluding carboxylic acids is 2. The van der Waals surface area contributed by atoms with E-state index in [0.717, 1.165) is 29.9 Å². The number of ether oxygens (including phenoxy) is 1.